The van der Waals surface area contributed by atoms with Crippen LogP contribution in [0.25, 0.3) is 144 Å². The van der Waals surface area contributed by atoms with Gasteiger partial charge in [0.1, 0.15) is 11.2 Å². The molecule has 0 amide bonds. The minimum atomic E-state index is -3.34. The third kappa shape index (κ3) is 8.87. The van der Waals surface area contributed by atoms with Crippen molar-refractivity contribution in [3.63, 3.8) is 0 Å². The molecule has 0 fully saturated rings. The summed E-state index contributed by atoms with van der Waals surface area (Å²) in [7, 11) is -3.34. The van der Waals surface area contributed by atoms with E-state index in [0.29, 0.717) is 0 Å². The normalized spacial score (nSPS) is 11.8. The number of fused-ring (bicyclic) bond motifs is 9. The van der Waals surface area contributed by atoms with Crippen LogP contribution >= 0.6 is 0 Å². The van der Waals surface area contributed by atoms with Gasteiger partial charge in [0.05, 0.1) is 27.8 Å². The van der Waals surface area contributed by atoms with Crippen molar-refractivity contribution in [1.29, 1.82) is 0 Å². The third-order valence-corrected chi connectivity index (χ3v) is 24.2. The van der Waals surface area contributed by atoms with Crippen LogP contribution in [0.2, 0.25) is 0 Å². The lowest BCUT2D eigenvalue weighted by atomic mass is 9.92. The van der Waals surface area contributed by atoms with Gasteiger partial charge in [0.2, 0.25) is 0 Å². The molecule has 440 valence electrons. The van der Waals surface area contributed by atoms with E-state index in [1.165, 1.54) is 64.5 Å². The lowest BCUT2D eigenvalue weighted by molar-refractivity contribution is 0.670. The first-order valence-corrected chi connectivity index (χ1v) is 34.4. The van der Waals surface area contributed by atoms with Crippen LogP contribution in [0.1, 0.15) is 0 Å². The predicted octanol–water partition coefficient (Wildman–Crippen LogP) is 21.2. The summed E-state index contributed by atoms with van der Waals surface area (Å²) in [5.74, 6) is 0. The SMILES string of the molecule is c1ccc(-c2cccc([Si](c3ccccc3)(c3cccc(-c4ccccc4)c3)c3cc(-c4ccccc4)c(-n4c5ccccc5c5cc(-n6c7ccccc7c7cccc(-c8ccccc8-c8cccc9c8oc8ccccc89)c76)ccc54)c(-c4ccccc4)c3)c2)cc1. The number of hydrogen-bond donors (Lipinski definition) is 0. The average Bonchev–Trinajstić information content (AvgIpc) is 1.15. The number of aromatic nitrogens is 2. The highest BCUT2D eigenvalue weighted by atomic mass is 28.3. The third-order valence-electron chi connectivity index (χ3n) is 19.5. The molecule has 15 aromatic carbocycles. The van der Waals surface area contributed by atoms with E-state index in [2.05, 4.69) is 367 Å². The summed E-state index contributed by atoms with van der Waals surface area (Å²) in [6.45, 7) is 0. The van der Waals surface area contributed by atoms with Crippen molar-refractivity contribution in [2.75, 3.05) is 0 Å². The summed E-state index contributed by atoms with van der Waals surface area (Å²) >= 11 is 0. The number of hydrogen-bond acceptors (Lipinski definition) is 1. The van der Waals surface area contributed by atoms with Crippen molar-refractivity contribution >= 4 is 94.4 Å². The Morgan fingerprint density at radius 3 is 1.24 bits per heavy atom. The smallest absolute Gasteiger partial charge is 0.179 e. The fraction of sp³-hybridized carbons (Fsp3) is 0. The van der Waals surface area contributed by atoms with Crippen molar-refractivity contribution in [3.05, 3.63) is 364 Å². The maximum Gasteiger partial charge on any atom is 0.179 e. The van der Waals surface area contributed by atoms with E-state index >= 15 is 0 Å². The molecule has 0 radical (unpaired) electrons. The highest BCUT2D eigenvalue weighted by Gasteiger charge is 2.43. The van der Waals surface area contributed by atoms with Crippen molar-refractivity contribution in [3.8, 4) is 78.1 Å². The largest absolute Gasteiger partial charge is 0.455 e. The highest BCUT2D eigenvalue weighted by molar-refractivity contribution is 7.20. The summed E-state index contributed by atoms with van der Waals surface area (Å²) < 4.78 is 11.8. The molecule has 0 bridgehead atoms. The standard InChI is InChI=1S/C90H60N2OSi/c1-6-28-61(29-7-1)65-36-24-40-69(56-65)94(68-38-14-5-15-39-68,70-41-25-37-66(57-70)62-30-8-2-9-31-62)71-59-81(63-32-10-3-11-33-63)89(82(60-71)64-34-12-4-13-35-64)92-85-52-22-19-45-75(85)83-58-67(54-55-86(83)92)91-84-51-21-18-44-74(84)78-48-26-47-77(88(78)91)72-42-16-17-43-73(72)79-49-27-50-80-76-46-20-23-53-87(76)93-90(79)80/h1-60H. The number of rotatable bonds is 12. The van der Waals surface area contributed by atoms with E-state index in [4.69, 9.17) is 4.42 Å². The Bertz CT molecular complexity index is 5760. The zero-order chi connectivity index (χ0) is 62.1. The fourth-order valence-corrected chi connectivity index (χ4v) is 20.2. The van der Waals surface area contributed by atoms with Gasteiger partial charge >= 0.3 is 0 Å². The monoisotopic (exact) mass is 1210 g/mol. The van der Waals surface area contributed by atoms with Gasteiger partial charge in [-0.15, -0.1) is 0 Å². The zero-order valence-corrected chi connectivity index (χ0v) is 52.4. The average molecular weight is 1210 g/mol. The van der Waals surface area contributed by atoms with Gasteiger partial charge < -0.3 is 13.6 Å². The lowest BCUT2D eigenvalue weighted by Crippen LogP contribution is -2.74. The molecule has 0 aliphatic carbocycles. The second kappa shape index (κ2) is 22.7. The van der Waals surface area contributed by atoms with E-state index in [1.807, 2.05) is 6.07 Å². The van der Waals surface area contributed by atoms with Crippen LogP contribution in [0.5, 0.6) is 0 Å². The van der Waals surface area contributed by atoms with Gasteiger partial charge in [-0.05, 0) is 102 Å². The van der Waals surface area contributed by atoms with E-state index in [9.17, 15) is 0 Å². The van der Waals surface area contributed by atoms with Crippen LogP contribution in [0.3, 0.4) is 0 Å². The summed E-state index contributed by atoms with van der Waals surface area (Å²) in [5.41, 5.74) is 22.4. The van der Waals surface area contributed by atoms with E-state index in [1.54, 1.807) is 0 Å². The first kappa shape index (κ1) is 54.8. The van der Waals surface area contributed by atoms with Crippen molar-refractivity contribution in [2.24, 2.45) is 0 Å². The van der Waals surface area contributed by atoms with Crippen LogP contribution < -0.4 is 20.7 Å². The van der Waals surface area contributed by atoms with Crippen LogP contribution in [0.4, 0.5) is 0 Å². The Balaban J connectivity index is 0.910. The molecule has 0 spiro atoms. The zero-order valence-electron chi connectivity index (χ0n) is 51.4. The lowest BCUT2D eigenvalue weighted by Gasteiger charge is -2.36. The maximum atomic E-state index is 6.74. The number of para-hydroxylation sites is 5. The Labute approximate surface area is 546 Å². The maximum absolute atomic E-state index is 6.74. The molecule has 3 aromatic heterocycles. The second-order valence-corrected chi connectivity index (χ2v) is 28.4. The van der Waals surface area contributed by atoms with Crippen LogP contribution in [-0.4, -0.2) is 17.2 Å². The number of furan rings is 1. The minimum absolute atomic E-state index is 0.888. The number of nitrogens with zero attached hydrogens (tertiary/aromatic N) is 2. The van der Waals surface area contributed by atoms with E-state index < -0.39 is 8.07 Å². The Kier molecular flexibility index (Phi) is 13.2. The van der Waals surface area contributed by atoms with Gasteiger partial charge in [-0.1, -0.05) is 328 Å². The van der Waals surface area contributed by atoms with Gasteiger partial charge in [-0.2, -0.15) is 0 Å². The molecule has 0 atom stereocenters. The van der Waals surface area contributed by atoms with Gasteiger partial charge in [-0.3, -0.25) is 0 Å². The quantitative estimate of drug-likeness (QED) is 0.0883. The second-order valence-electron chi connectivity index (χ2n) is 24.6. The van der Waals surface area contributed by atoms with Crippen LogP contribution in [0, 0.1) is 0 Å². The van der Waals surface area contributed by atoms with Gasteiger partial charge in [-0.25, -0.2) is 0 Å². The Morgan fingerprint density at radius 2 is 0.638 bits per heavy atom. The molecule has 0 unspecified atom stereocenters. The predicted molar refractivity (Wildman–Crippen MR) is 399 cm³/mol. The van der Waals surface area contributed by atoms with Crippen molar-refractivity contribution < 1.29 is 4.42 Å². The topological polar surface area (TPSA) is 23.0 Å². The van der Waals surface area contributed by atoms with Gasteiger partial charge in [0, 0.05) is 60.3 Å². The molecule has 0 N–H and O–H groups in total. The molecule has 0 aliphatic rings. The summed E-state index contributed by atoms with van der Waals surface area (Å²) in [4.78, 5) is 0. The molecular formula is C90H60N2OSi. The summed E-state index contributed by atoms with van der Waals surface area (Å²) in [6, 6.07) is 135. The fourth-order valence-electron chi connectivity index (χ4n) is 15.3. The summed E-state index contributed by atoms with van der Waals surface area (Å²) in [6.07, 6.45) is 0. The Morgan fingerprint density at radius 1 is 0.223 bits per heavy atom. The minimum Gasteiger partial charge on any atom is -0.455 e. The van der Waals surface area contributed by atoms with Crippen LogP contribution in [0.15, 0.2) is 368 Å². The molecular weight excluding hydrogens is 1150 g/mol. The van der Waals surface area contributed by atoms with Crippen molar-refractivity contribution in [1.82, 2.24) is 9.13 Å². The van der Waals surface area contributed by atoms with Crippen LogP contribution in [-0.2, 0) is 0 Å². The molecule has 0 saturated heterocycles. The van der Waals surface area contributed by atoms with E-state index in [0.717, 1.165) is 99.9 Å². The first-order chi connectivity index (χ1) is 46.7. The van der Waals surface area contributed by atoms with Gasteiger partial charge in [0.15, 0.2) is 8.07 Å². The van der Waals surface area contributed by atoms with Gasteiger partial charge in [0.25, 0.3) is 0 Å². The molecule has 18 rings (SSSR count). The Hall–Kier alpha value is -12.1. The molecule has 0 saturated carbocycles. The highest BCUT2D eigenvalue weighted by Crippen LogP contribution is 2.47. The van der Waals surface area contributed by atoms with Crippen molar-refractivity contribution in [2.45, 2.75) is 0 Å². The molecule has 94 heavy (non-hydrogen) atoms. The molecule has 0 aliphatic heterocycles. The number of benzene rings is 15. The molecule has 4 heteroatoms. The summed E-state index contributed by atoms with van der Waals surface area (Å²) in [5, 5.41) is 12.2. The molecule has 3 heterocycles. The van der Waals surface area contributed by atoms with E-state index in [-0.39, 0.29) is 0 Å². The molecule has 3 nitrogen and oxygen atoms in total. The molecule has 18 aromatic rings. The first-order valence-electron chi connectivity index (χ1n) is 32.4.